The summed E-state index contributed by atoms with van der Waals surface area (Å²) in [6.45, 7) is 3.66. The van der Waals surface area contributed by atoms with Crippen molar-refractivity contribution >= 4 is 29.0 Å². The van der Waals surface area contributed by atoms with Gasteiger partial charge in [0.2, 0.25) is 0 Å². The van der Waals surface area contributed by atoms with Crippen molar-refractivity contribution in [2.24, 2.45) is 5.41 Å². The van der Waals surface area contributed by atoms with Crippen LogP contribution in [0, 0.1) is 5.41 Å². The van der Waals surface area contributed by atoms with Crippen LogP contribution in [0.3, 0.4) is 0 Å². The summed E-state index contributed by atoms with van der Waals surface area (Å²) >= 11 is 12.1. The minimum atomic E-state index is -0.311. The molecule has 0 radical (unpaired) electrons. The largest absolute Gasteiger partial charge is 0.316 e. The fourth-order valence-electron chi connectivity index (χ4n) is 2.36. The second kappa shape index (κ2) is 4.97. The first-order chi connectivity index (χ1) is 8.10. The van der Waals surface area contributed by atoms with Crippen molar-refractivity contribution in [1.29, 1.82) is 0 Å². The molecule has 1 aromatic carbocycles. The molecule has 1 heterocycles. The van der Waals surface area contributed by atoms with Crippen LogP contribution in [-0.4, -0.2) is 18.9 Å². The Bertz CT molecular complexity index is 439. The summed E-state index contributed by atoms with van der Waals surface area (Å²) in [4.78, 5) is 12.6. The molecule has 0 bridgehead atoms. The number of carbonyl (C=O) groups is 1. The zero-order chi connectivity index (χ0) is 12.5. The molecule has 1 aromatic rings. The van der Waals surface area contributed by atoms with Crippen LogP contribution in [0.15, 0.2) is 18.2 Å². The summed E-state index contributed by atoms with van der Waals surface area (Å²) in [6.07, 6.45) is 1.69. The maximum absolute atomic E-state index is 12.6. The molecule has 0 spiro atoms. The molecule has 1 saturated heterocycles. The second-order valence-corrected chi connectivity index (χ2v) is 5.28. The topological polar surface area (TPSA) is 29.1 Å². The highest BCUT2D eigenvalue weighted by Crippen LogP contribution is 2.37. The summed E-state index contributed by atoms with van der Waals surface area (Å²) in [5.41, 5.74) is 0.235. The van der Waals surface area contributed by atoms with Gasteiger partial charge in [0.1, 0.15) is 0 Å². The lowest BCUT2D eigenvalue weighted by Crippen LogP contribution is -2.33. The molecule has 1 N–H and O–H groups in total. The van der Waals surface area contributed by atoms with Gasteiger partial charge in [-0.3, -0.25) is 4.79 Å². The average molecular weight is 272 g/mol. The lowest BCUT2D eigenvalue weighted by Gasteiger charge is -2.25. The smallest absolute Gasteiger partial charge is 0.171 e. The van der Waals surface area contributed by atoms with Crippen molar-refractivity contribution in [2.75, 3.05) is 13.1 Å². The molecule has 1 atom stereocenters. The highest BCUT2D eigenvalue weighted by molar-refractivity contribution is 6.44. The van der Waals surface area contributed by atoms with Gasteiger partial charge in [0.25, 0.3) is 0 Å². The first-order valence-corrected chi connectivity index (χ1v) is 6.56. The standard InChI is InChI=1S/C13H15Cl2NO/c1-2-13(6-7-16-8-13)12(17)9-4-3-5-10(14)11(9)15/h3-5,16H,2,6-8H2,1H3. The van der Waals surface area contributed by atoms with E-state index in [2.05, 4.69) is 5.32 Å². The zero-order valence-electron chi connectivity index (χ0n) is 9.72. The fourth-order valence-corrected chi connectivity index (χ4v) is 2.75. The Morgan fingerprint density at radius 1 is 1.47 bits per heavy atom. The van der Waals surface area contributed by atoms with Gasteiger partial charge in [0.05, 0.1) is 10.0 Å². The van der Waals surface area contributed by atoms with E-state index in [0.29, 0.717) is 15.6 Å². The first-order valence-electron chi connectivity index (χ1n) is 5.80. The molecule has 0 amide bonds. The van der Waals surface area contributed by atoms with E-state index in [4.69, 9.17) is 23.2 Å². The van der Waals surface area contributed by atoms with Gasteiger partial charge in [-0.2, -0.15) is 0 Å². The summed E-state index contributed by atoms with van der Waals surface area (Å²) in [7, 11) is 0. The van der Waals surface area contributed by atoms with E-state index in [9.17, 15) is 4.79 Å². The minimum absolute atomic E-state index is 0.109. The number of nitrogens with one attached hydrogen (secondary N) is 1. The van der Waals surface area contributed by atoms with E-state index >= 15 is 0 Å². The molecule has 1 aliphatic heterocycles. The number of benzene rings is 1. The minimum Gasteiger partial charge on any atom is -0.316 e. The number of hydrogen-bond donors (Lipinski definition) is 1. The quantitative estimate of drug-likeness (QED) is 0.852. The molecule has 1 aliphatic rings. The van der Waals surface area contributed by atoms with Crippen molar-refractivity contribution in [1.82, 2.24) is 5.32 Å². The predicted molar refractivity (Wildman–Crippen MR) is 71.0 cm³/mol. The molecule has 0 aliphatic carbocycles. The average Bonchev–Trinajstić information content (AvgIpc) is 2.82. The summed E-state index contributed by atoms with van der Waals surface area (Å²) in [5, 5.41) is 4.07. The van der Waals surface area contributed by atoms with Gasteiger partial charge in [0, 0.05) is 17.5 Å². The van der Waals surface area contributed by atoms with Gasteiger partial charge in [-0.1, -0.05) is 36.2 Å². The fraction of sp³-hybridized carbons (Fsp3) is 0.462. The van der Waals surface area contributed by atoms with Crippen molar-refractivity contribution < 1.29 is 4.79 Å². The Balaban J connectivity index is 2.39. The number of carbonyl (C=O) groups excluding carboxylic acids is 1. The molecule has 0 aromatic heterocycles. The first kappa shape index (κ1) is 12.9. The van der Waals surface area contributed by atoms with Gasteiger partial charge in [-0.05, 0) is 31.5 Å². The molecular weight excluding hydrogens is 257 g/mol. The number of ketones is 1. The highest BCUT2D eigenvalue weighted by atomic mass is 35.5. The van der Waals surface area contributed by atoms with Crippen LogP contribution in [0.1, 0.15) is 30.1 Å². The van der Waals surface area contributed by atoms with Gasteiger partial charge >= 0.3 is 0 Å². The molecule has 2 rings (SSSR count). The Kier molecular flexibility index (Phi) is 3.76. The van der Waals surface area contributed by atoms with E-state index < -0.39 is 0 Å². The Morgan fingerprint density at radius 3 is 2.82 bits per heavy atom. The zero-order valence-corrected chi connectivity index (χ0v) is 11.2. The summed E-state index contributed by atoms with van der Waals surface area (Å²) in [6, 6.07) is 5.23. The predicted octanol–water partition coefficient (Wildman–Crippen LogP) is 3.57. The van der Waals surface area contributed by atoms with E-state index in [1.165, 1.54) is 0 Å². The third-order valence-electron chi connectivity index (χ3n) is 3.60. The van der Waals surface area contributed by atoms with Crippen LogP contribution in [0.4, 0.5) is 0 Å². The monoisotopic (exact) mass is 271 g/mol. The van der Waals surface area contributed by atoms with Gasteiger partial charge in [0.15, 0.2) is 5.78 Å². The van der Waals surface area contributed by atoms with Crippen molar-refractivity contribution in [3.8, 4) is 0 Å². The molecular formula is C13H15Cl2NO. The van der Waals surface area contributed by atoms with E-state index in [1.807, 2.05) is 6.92 Å². The molecule has 2 nitrogen and oxygen atoms in total. The van der Waals surface area contributed by atoms with E-state index in [-0.39, 0.29) is 11.2 Å². The summed E-state index contributed by atoms with van der Waals surface area (Å²) in [5.74, 6) is 0.109. The van der Waals surface area contributed by atoms with Crippen LogP contribution in [-0.2, 0) is 0 Å². The normalized spacial score (nSPS) is 23.9. The molecule has 4 heteroatoms. The lowest BCUT2D eigenvalue weighted by molar-refractivity contribution is 0.0810. The second-order valence-electron chi connectivity index (χ2n) is 4.49. The van der Waals surface area contributed by atoms with Crippen molar-refractivity contribution in [3.05, 3.63) is 33.8 Å². The van der Waals surface area contributed by atoms with Crippen molar-refractivity contribution in [3.63, 3.8) is 0 Å². The van der Waals surface area contributed by atoms with Crippen molar-refractivity contribution in [2.45, 2.75) is 19.8 Å². The number of halogens is 2. The van der Waals surface area contributed by atoms with Gasteiger partial charge < -0.3 is 5.32 Å². The SMILES string of the molecule is CCC1(C(=O)c2cccc(Cl)c2Cl)CCNC1. The molecule has 1 fully saturated rings. The van der Waals surface area contributed by atoms with E-state index in [0.717, 1.165) is 25.9 Å². The maximum Gasteiger partial charge on any atom is 0.171 e. The lowest BCUT2D eigenvalue weighted by atomic mass is 9.77. The highest BCUT2D eigenvalue weighted by Gasteiger charge is 2.40. The molecule has 1 unspecified atom stereocenters. The third-order valence-corrected chi connectivity index (χ3v) is 4.42. The number of Topliss-reactive ketones (excluding diaryl/α,β-unsaturated/α-hetero) is 1. The van der Waals surface area contributed by atoms with Gasteiger partial charge in [-0.25, -0.2) is 0 Å². The van der Waals surface area contributed by atoms with E-state index in [1.54, 1.807) is 18.2 Å². The third kappa shape index (κ3) is 2.22. The van der Waals surface area contributed by atoms with Crippen LogP contribution < -0.4 is 5.32 Å². The van der Waals surface area contributed by atoms with Crippen LogP contribution in [0.2, 0.25) is 10.0 Å². The van der Waals surface area contributed by atoms with Crippen LogP contribution in [0.5, 0.6) is 0 Å². The van der Waals surface area contributed by atoms with Crippen LogP contribution in [0.25, 0.3) is 0 Å². The Morgan fingerprint density at radius 2 is 2.24 bits per heavy atom. The molecule has 92 valence electrons. The maximum atomic E-state index is 12.6. The molecule has 0 saturated carbocycles. The number of rotatable bonds is 3. The van der Waals surface area contributed by atoms with Crippen LogP contribution >= 0.6 is 23.2 Å². The summed E-state index contributed by atoms with van der Waals surface area (Å²) < 4.78 is 0. The molecule has 17 heavy (non-hydrogen) atoms. The Hall–Kier alpha value is -0.570. The van der Waals surface area contributed by atoms with Gasteiger partial charge in [-0.15, -0.1) is 0 Å². The Labute approximate surface area is 111 Å². The number of hydrogen-bond acceptors (Lipinski definition) is 2.